The topological polar surface area (TPSA) is 74.5 Å². The van der Waals surface area contributed by atoms with Crippen molar-refractivity contribution in [3.63, 3.8) is 0 Å². The highest BCUT2D eigenvalue weighted by Gasteiger charge is 2.37. The smallest absolute Gasteiger partial charge is 0.222 e. The third kappa shape index (κ3) is 2.16. The Balaban J connectivity index is 2.03. The van der Waals surface area contributed by atoms with Crippen molar-refractivity contribution in [1.29, 1.82) is 5.26 Å². The van der Waals surface area contributed by atoms with E-state index in [1.54, 1.807) is 0 Å². The Morgan fingerprint density at radius 2 is 2.53 bits per heavy atom. The Morgan fingerprint density at radius 1 is 1.73 bits per heavy atom. The van der Waals surface area contributed by atoms with Crippen LogP contribution in [0.5, 0.6) is 0 Å². The van der Waals surface area contributed by atoms with Crippen molar-refractivity contribution in [3.8, 4) is 6.07 Å². The molecular weight excluding hydrogens is 194 g/mol. The zero-order chi connectivity index (χ0) is 10.8. The van der Waals surface area contributed by atoms with Crippen molar-refractivity contribution in [2.75, 3.05) is 0 Å². The molecule has 3 atom stereocenters. The number of nitrogens with one attached hydrogen (secondary N) is 1. The Hall–Kier alpha value is -1.41. The number of rotatable bonds is 0. The highest BCUT2D eigenvalue weighted by atomic mass is 16.5. The zero-order valence-electron chi connectivity index (χ0n) is 8.56. The Morgan fingerprint density at radius 3 is 3.20 bits per heavy atom. The number of nitrogens with zero attached hydrogens (tertiary/aromatic N) is 2. The summed E-state index contributed by atoms with van der Waals surface area (Å²) >= 11 is 0. The van der Waals surface area contributed by atoms with E-state index in [0.717, 1.165) is 18.7 Å². The molecule has 1 N–H and O–H groups in total. The first-order valence-corrected chi connectivity index (χ1v) is 5.08. The Bertz CT molecular complexity index is 345. The second kappa shape index (κ2) is 3.99. The summed E-state index contributed by atoms with van der Waals surface area (Å²) in [6.07, 6.45) is 1.93. The van der Waals surface area contributed by atoms with Gasteiger partial charge in [0, 0.05) is 19.8 Å². The summed E-state index contributed by atoms with van der Waals surface area (Å²) in [6, 6.07) is 2.14. The van der Waals surface area contributed by atoms with E-state index in [4.69, 9.17) is 10.00 Å². The number of ether oxygens (including phenoxy) is 1. The van der Waals surface area contributed by atoms with Gasteiger partial charge in [0.1, 0.15) is 11.9 Å². The van der Waals surface area contributed by atoms with Gasteiger partial charge < -0.3 is 10.1 Å². The normalized spacial score (nSPS) is 33.9. The van der Waals surface area contributed by atoms with Crippen molar-refractivity contribution in [2.24, 2.45) is 4.99 Å². The molecule has 0 aromatic heterocycles. The van der Waals surface area contributed by atoms with E-state index in [2.05, 4.69) is 16.4 Å². The monoisotopic (exact) mass is 207 g/mol. The number of hydrogen-bond donors (Lipinski definition) is 1. The minimum Gasteiger partial charge on any atom is -0.358 e. The SMILES string of the molecule is CC(=O)NC1=NC2CC(C#N)OC2CC1. The lowest BCUT2D eigenvalue weighted by Crippen LogP contribution is -2.36. The van der Waals surface area contributed by atoms with Crippen LogP contribution in [0.4, 0.5) is 0 Å². The predicted octanol–water partition coefficient (Wildman–Crippen LogP) is 0.364. The summed E-state index contributed by atoms with van der Waals surface area (Å²) in [7, 11) is 0. The van der Waals surface area contributed by atoms with E-state index in [-0.39, 0.29) is 24.2 Å². The van der Waals surface area contributed by atoms with Gasteiger partial charge >= 0.3 is 0 Å². The first kappa shape index (κ1) is 10.1. The van der Waals surface area contributed by atoms with Crippen LogP contribution in [0.3, 0.4) is 0 Å². The van der Waals surface area contributed by atoms with E-state index in [9.17, 15) is 4.79 Å². The average molecular weight is 207 g/mol. The molecule has 0 radical (unpaired) electrons. The molecule has 0 aromatic carbocycles. The van der Waals surface area contributed by atoms with Gasteiger partial charge in [-0.05, 0) is 6.42 Å². The van der Waals surface area contributed by atoms with Crippen LogP contribution in [0.1, 0.15) is 26.2 Å². The fraction of sp³-hybridized carbons (Fsp3) is 0.700. The number of aliphatic imine (C=N–C) groups is 1. The molecule has 0 saturated carbocycles. The van der Waals surface area contributed by atoms with Gasteiger partial charge in [-0.1, -0.05) is 0 Å². The molecular formula is C10H13N3O2. The molecule has 1 amide bonds. The first-order chi connectivity index (χ1) is 7.19. The number of amides is 1. The number of fused-ring (bicyclic) bond motifs is 1. The van der Waals surface area contributed by atoms with Crippen molar-refractivity contribution in [1.82, 2.24) is 5.32 Å². The van der Waals surface area contributed by atoms with Crippen molar-refractivity contribution in [3.05, 3.63) is 0 Å². The lowest BCUT2D eigenvalue weighted by Gasteiger charge is -2.22. The maximum atomic E-state index is 10.8. The van der Waals surface area contributed by atoms with Gasteiger partial charge in [-0.25, -0.2) is 0 Å². The van der Waals surface area contributed by atoms with Gasteiger partial charge in [0.05, 0.1) is 18.2 Å². The predicted molar refractivity (Wildman–Crippen MR) is 53.2 cm³/mol. The summed E-state index contributed by atoms with van der Waals surface area (Å²) in [5.41, 5.74) is 0. The lowest BCUT2D eigenvalue weighted by atomic mass is 10.0. The maximum absolute atomic E-state index is 10.8. The highest BCUT2D eigenvalue weighted by molar-refractivity contribution is 5.97. The van der Waals surface area contributed by atoms with Crippen LogP contribution in [0.25, 0.3) is 0 Å². The number of carbonyl (C=O) groups is 1. The second-order valence-corrected chi connectivity index (χ2v) is 3.89. The molecule has 5 nitrogen and oxygen atoms in total. The van der Waals surface area contributed by atoms with Crippen LogP contribution in [0, 0.1) is 11.3 Å². The standard InChI is InChI=1S/C10H13N3O2/c1-6(14)12-10-3-2-9-8(13-10)4-7(5-11)15-9/h7-9H,2-4H2,1H3,(H,12,13,14). The van der Waals surface area contributed by atoms with Crippen LogP contribution in [0.15, 0.2) is 4.99 Å². The molecule has 2 rings (SSSR count). The first-order valence-electron chi connectivity index (χ1n) is 5.08. The Kier molecular flexibility index (Phi) is 2.69. The van der Waals surface area contributed by atoms with Gasteiger partial charge in [-0.15, -0.1) is 0 Å². The molecule has 1 saturated heterocycles. The van der Waals surface area contributed by atoms with Crippen molar-refractivity contribution in [2.45, 2.75) is 44.4 Å². The summed E-state index contributed by atoms with van der Waals surface area (Å²) in [6.45, 7) is 1.47. The summed E-state index contributed by atoms with van der Waals surface area (Å²) < 4.78 is 5.49. The largest absolute Gasteiger partial charge is 0.358 e. The molecule has 1 fully saturated rings. The van der Waals surface area contributed by atoms with Crippen LogP contribution < -0.4 is 5.32 Å². The van der Waals surface area contributed by atoms with Gasteiger partial charge in [0.25, 0.3) is 0 Å². The van der Waals surface area contributed by atoms with E-state index in [0.29, 0.717) is 6.42 Å². The second-order valence-electron chi connectivity index (χ2n) is 3.89. The van der Waals surface area contributed by atoms with E-state index in [1.165, 1.54) is 6.92 Å². The van der Waals surface area contributed by atoms with Crippen LogP contribution in [-0.2, 0) is 9.53 Å². The lowest BCUT2D eigenvalue weighted by molar-refractivity contribution is -0.117. The molecule has 15 heavy (non-hydrogen) atoms. The molecule has 0 spiro atoms. The quantitative estimate of drug-likeness (QED) is 0.623. The molecule has 5 heteroatoms. The minimum atomic E-state index is -0.333. The number of hydrogen-bond acceptors (Lipinski definition) is 4. The molecule has 0 bridgehead atoms. The fourth-order valence-electron chi connectivity index (χ4n) is 2.05. The van der Waals surface area contributed by atoms with Gasteiger partial charge in [0.15, 0.2) is 0 Å². The maximum Gasteiger partial charge on any atom is 0.222 e. The van der Waals surface area contributed by atoms with Gasteiger partial charge in [-0.3, -0.25) is 9.79 Å². The van der Waals surface area contributed by atoms with E-state index in [1.807, 2.05) is 0 Å². The molecule has 0 aliphatic carbocycles. The number of carbonyl (C=O) groups excluding carboxylic acids is 1. The fourth-order valence-corrected chi connectivity index (χ4v) is 2.05. The van der Waals surface area contributed by atoms with E-state index < -0.39 is 0 Å². The zero-order valence-corrected chi connectivity index (χ0v) is 8.56. The van der Waals surface area contributed by atoms with Crippen LogP contribution in [-0.4, -0.2) is 30.0 Å². The minimum absolute atomic E-state index is 0.0465. The van der Waals surface area contributed by atoms with E-state index >= 15 is 0 Å². The third-order valence-corrected chi connectivity index (χ3v) is 2.68. The van der Waals surface area contributed by atoms with Gasteiger partial charge in [-0.2, -0.15) is 5.26 Å². The van der Waals surface area contributed by atoms with Crippen LogP contribution >= 0.6 is 0 Å². The van der Waals surface area contributed by atoms with Crippen LogP contribution in [0.2, 0.25) is 0 Å². The summed E-state index contributed by atoms with van der Waals surface area (Å²) in [5, 5.41) is 11.4. The summed E-state index contributed by atoms with van der Waals surface area (Å²) in [5.74, 6) is 0.633. The van der Waals surface area contributed by atoms with Crippen molar-refractivity contribution < 1.29 is 9.53 Å². The van der Waals surface area contributed by atoms with Gasteiger partial charge in [0.2, 0.25) is 5.91 Å². The number of nitriles is 1. The highest BCUT2D eigenvalue weighted by Crippen LogP contribution is 2.29. The molecule has 0 aromatic rings. The average Bonchev–Trinajstić information content (AvgIpc) is 2.58. The molecule has 2 heterocycles. The Labute approximate surface area is 88.1 Å². The molecule has 2 aliphatic rings. The molecule has 3 unspecified atom stereocenters. The molecule has 80 valence electrons. The number of amidine groups is 1. The third-order valence-electron chi connectivity index (χ3n) is 2.68. The van der Waals surface area contributed by atoms with Crippen molar-refractivity contribution >= 4 is 11.7 Å². The molecule has 2 aliphatic heterocycles. The summed E-state index contributed by atoms with van der Waals surface area (Å²) in [4.78, 5) is 15.2.